The van der Waals surface area contributed by atoms with Crippen LogP contribution in [0.3, 0.4) is 0 Å². The Kier molecular flexibility index (Phi) is 7.71. The Morgan fingerprint density at radius 1 is 1.15 bits per heavy atom. The zero-order valence-corrected chi connectivity index (χ0v) is 15.4. The van der Waals surface area contributed by atoms with E-state index in [0.29, 0.717) is 12.0 Å². The lowest BCUT2D eigenvalue weighted by Gasteiger charge is -2.38. The lowest BCUT2D eigenvalue weighted by molar-refractivity contribution is 0.147. The fraction of sp³-hybridized carbons (Fsp3) is 1.00. The van der Waals surface area contributed by atoms with E-state index in [1.54, 1.807) is 7.05 Å². The van der Waals surface area contributed by atoms with Gasteiger partial charge in [0.25, 0.3) is 0 Å². The van der Waals surface area contributed by atoms with E-state index >= 15 is 0 Å². The summed E-state index contributed by atoms with van der Waals surface area (Å²) in [4.78, 5) is 2.45. The van der Waals surface area contributed by atoms with Gasteiger partial charge in [0.1, 0.15) is 0 Å². The van der Waals surface area contributed by atoms with Gasteiger partial charge in [-0.2, -0.15) is 4.31 Å². The Morgan fingerprint density at radius 3 is 1.95 bits per heavy atom. The van der Waals surface area contributed by atoms with Gasteiger partial charge in [-0.1, -0.05) is 20.3 Å². The second kappa shape index (κ2) is 7.76. The van der Waals surface area contributed by atoms with Crippen LogP contribution in [0.1, 0.15) is 54.4 Å². The molecular weight excluding hydrogens is 272 g/mol. The number of hydrogen-bond donors (Lipinski definition) is 0. The Hall–Kier alpha value is -0.130. The molecule has 0 aliphatic heterocycles. The maximum atomic E-state index is 11.7. The highest BCUT2D eigenvalue weighted by molar-refractivity contribution is 7.88. The van der Waals surface area contributed by atoms with Crippen molar-refractivity contribution in [3.63, 3.8) is 0 Å². The molecule has 0 aliphatic carbocycles. The van der Waals surface area contributed by atoms with E-state index in [9.17, 15) is 8.42 Å². The summed E-state index contributed by atoms with van der Waals surface area (Å²) in [6.45, 7) is 14.9. The SMILES string of the molecule is CC[C@@H](CN(CC)C(C)C)CC(C)(C)N(C)S(C)(=O)=O. The largest absolute Gasteiger partial charge is 0.301 e. The van der Waals surface area contributed by atoms with E-state index in [4.69, 9.17) is 0 Å². The van der Waals surface area contributed by atoms with Crippen molar-refractivity contribution < 1.29 is 8.42 Å². The third-order valence-electron chi connectivity index (χ3n) is 4.34. The van der Waals surface area contributed by atoms with Crippen LogP contribution in [0, 0.1) is 5.92 Å². The summed E-state index contributed by atoms with van der Waals surface area (Å²) in [6, 6.07) is 0.532. The van der Waals surface area contributed by atoms with Gasteiger partial charge < -0.3 is 4.90 Å². The van der Waals surface area contributed by atoms with Crippen LogP contribution in [0.4, 0.5) is 0 Å². The molecule has 0 amide bonds. The molecule has 0 aromatic heterocycles. The van der Waals surface area contributed by atoms with Crippen LogP contribution in [-0.2, 0) is 10.0 Å². The molecule has 0 heterocycles. The lowest BCUT2D eigenvalue weighted by Crippen LogP contribution is -2.47. The van der Waals surface area contributed by atoms with Crippen LogP contribution in [0.25, 0.3) is 0 Å². The zero-order valence-electron chi connectivity index (χ0n) is 14.6. The quantitative estimate of drug-likeness (QED) is 0.658. The summed E-state index contributed by atoms with van der Waals surface area (Å²) < 4.78 is 25.0. The summed E-state index contributed by atoms with van der Waals surface area (Å²) in [6.07, 6.45) is 3.24. The topological polar surface area (TPSA) is 40.6 Å². The van der Waals surface area contributed by atoms with E-state index in [0.717, 1.165) is 25.9 Å². The van der Waals surface area contributed by atoms with E-state index in [-0.39, 0.29) is 5.54 Å². The maximum absolute atomic E-state index is 11.7. The Labute approximate surface area is 126 Å². The molecule has 0 fully saturated rings. The molecular formula is C15H34N2O2S. The van der Waals surface area contributed by atoms with E-state index < -0.39 is 10.0 Å². The first-order valence-corrected chi connectivity index (χ1v) is 9.48. The standard InChI is InChI=1S/C15H34N2O2S/c1-9-14(12-17(10-2)13(3)4)11-15(5,6)16(7)20(8,18)19/h13-14H,9-12H2,1-8H3/t14-/m1/s1. The van der Waals surface area contributed by atoms with Crippen molar-refractivity contribution in [3.8, 4) is 0 Å². The second-order valence-corrected chi connectivity index (χ2v) is 8.72. The van der Waals surface area contributed by atoms with Crippen molar-refractivity contribution in [2.75, 3.05) is 26.4 Å². The molecule has 0 aromatic rings. The molecule has 1 atom stereocenters. The molecule has 0 aromatic carbocycles. The van der Waals surface area contributed by atoms with E-state index in [2.05, 4.69) is 32.6 Å². The van der Waals surface area contributed by atoms with E-state index in [1.165, 1.54) is 10.6 Å². The van der Waals surface area contributed by atoms with Gasteiger partial charge in [-0.3, -0.25) is 0 Å². The summed E-state index contributed by atoms with van der Waals surface area (Å²) in [7, 11) is -1.46. The predicted octanol–water partition coefficient (Wildman–Crippen LogP) is 2.80. The smallest absolute Gasteiger partial charge is 0.211 e. The van der Waals surface area contributed by atoms with Gasteiger partial charge >= 0.3 is 0 Å². The summed E-state index contributed by atoms with van der Waals surface area (Å²) >= 11 is 0. The molecule has 0 rings (SSSR count). The van der Waals surface area contributed by atoms with Crippen molar-refractivity contribution in [2.24, 2.45) is 5.92 Å². The van der Waals surface area contributed by atoms with Gasteiger partial charge in [0.05, 0.1) is 6.26 Å². The highest BCUT2D eigenvalue weighted by Crippen LogP contribution is 2.27. The highest BCUT2D eigenvalue weighted by Gasteiger charge is 2.32. The normalized spacial score (nSPS) is 15.3. The monoisotopic (exact) mass is 306 g/mol. The fourth-order valence-corrected chi connectivity index (χ4v) is 3.63. The van der Waals surface area contributed by atoms with Crippen LogP contribution in [-0.4, -0.2) is 55.6 Å². The van der Waals surface area contributed by atoms with Crippen LogP contribution in [0.5, 0.6) is 0 Å². The fourth-order valence-electron chi connectivity index (χ4n) is 2.66. The lowest BCUT2D eigenvalue weighted by atomic mass is 9.88. The Morgan fingerprint density at radius 2 is 1.65 bits per heavy atom. The highest BCUT2D eigenvalue weighted by atomic mass is 32.2. The number of sulfonamides is 1. The van der Waals surface area contributed by atoms with Crippen molar-refractivity contribution >= 4 is 10.0 Å². The van der Waals surface area contributed by atoms with Crippen LogP contribution in [0.2, 0.25) is 0 Å². The Bertz CT molecular complexity index is 377. The maximum Gasteiger partial charge on any atom is 0.211 e. The van der Waals surface area contributed by atoms with Crippen LogP contribution < -0.4 is 0 Å². The molecule has 0 bridgehead atoms. The minimum absolute atomic E-state index is 0.343. The van der Waals surface area contributed by atoms with Crippen LogP contribution >= 0.6 is 0 Å². The molecule has 0 aliphatic rings. The van der Waals surface area contributed by atoms with Gasteiger partial charge in [0, 0.05) is 25.2 Å². The molecule has 5 heteroatoms. The van der Waals surface area contributed by atoms with Crippen molar-refractivity contribution in [1.29, 1.82) is 0 Å². The molecule has 0 saturated carbocycles. The van der Waals surface area contributed by atoms with Crippen molar-refractivity contribution in [2.45, 2.75) is 66.0 Å². The molecule has 0 spiro atoms. The van der Waals surface area contributed by atoms with Gasteiger partial charge in [0.2, 0.25) is 10.0 Å². The first kappa shape index (κ1) is 19.9. The first-order chi connectivity index (χ1) is 8.95. The molecule has 4 nitrogen and oxygen atoms in total. The van der Waals surface area contributed by atoms with E-state index in [1.807, 2.05) is 13.8 Å². The minimum Gasteiger partial charge on any atom is -0.301 e. The molecule has 20 heavy (non-hydrogen) atoms. The number of hydrogen-bond acceptors (Lipinski definition) is 3. The van der Waals surface area contributed by atoms with Gasteiger partial charge in [-0.05, 0) is 46.6 Å². The predicted molar refractivity (Wildman–Crippen MR) is 87.5 cm³/mol. The van der Waals surface area contributed by atoms with Crippen LogP contribution in [0.15, 0.2) is 0 Å². The summed E-state index contributed by atoms with van der Waals surface area (Å²) in [5, 5.41) is 0. The number of nitrogens with zero attached hydrogens (tertiary/aromatic N) is 2. The van der Waals surface area contributed by atoms with Crippen molar-refractivity contribution in [1.82, 2.24) is 9.21 Å². The zero-order chi connectivity index (χ0) is 16.1. The minimum atomic E-state index is -3.14. The van der Waals surface area contributed by atoms with Gasteiger partial charge in [-0.15, -0.1) is 0 Å². The van der Waals surface area contributed by atoms with Crippen molar-refractivity contribution in [3.05, 3.63) is 0 Å². The Balaban J connectivity index is 4.86. The number of rotatable bonds is 9. The van der Waals surface area contributed by atoms with Gasteiger partial charge in [-0.25, -0.2) is 8.42 Å². The molecule has 0 saturated heterocycles. The molecule has 122 valence electrons. The average Bonchev–Trinajstić information content (AvgIpc) is 2.31. The molecule has 0 radical (unpaired) electrons. The molecule has 0 N–H and O–H groups in total. The molecule has 0 unspecified atom stereocenters. The summed E-state index contributed by atoms with van der Waals surface area (Å²) in [5.41, 5.74) is -0.343. The third-order valence-corrected chi connectivity index (χ3v) is 5.83. The first-order valence-electron chi connectivity index (χ1n) is 7.63. The second-order valence-electron chi connectivity index (χ2n) is 6.70. The average molecular weight is 307 g/mol. The summed E-state index contributed by atoms with van der Waals surface area (Å²) in [5.74, 6) is 0.511. The van der Waals surface area contributed by atoms with Gasteiger partial charge in [0.15, 0.2) is 0 Å². The third kappa shape index (κ3) is 6.10.